The van der Waals surface area contributed by atoms with Gasteiger partial charge in [-0.15, -0.1) is 10.2 Å². The molecular formula is C9H11N3O3S. The van der Waals surface area contributed by atoms with Crippen LogP contribution in [0.25, 0.3) is 0 Å². The first-order chi connectivity index (χ1) is 7.66. The van der Waals surface area contributed by atoms with E-state index in [0.717, 1.165) is 0 Å². The van der Waals surface area contributed by atoms with E-state index in [-0.39, 0.29) is 17.7 Å². The lowest BCUT2D eigenvalue weighted by Crippen LogP contribution is -2.21. The minimum absolute atomic E-state index is 0.152. The van der Waals surface area contributed by atoms with E-state index in [2.05, 4.69) is 15.5 Å². The molecule has 86 valence electrons. The second-order valence-corrected chi connectivity index (χ2v) is 4.61. The van der Waals surface area contributed by atoms with E-state index in [0.29, 0.717) is 24.4 Å². The minimum Gasteiger partial charge on any atom is -0.481 e. The molecule has 16 heavy (non-hydrogen) atoms. The maximum Gasteiger partial charge on any atom is 0.306 e. The molecule has 0 saturated heterocycles. The molecule has 1 heterocycles. The van der Waals surface area contributed by atoms with Gasteiger partial charge in [-0.05, 0) is 19.3 Å². The van der Waals surface area contributed by atoms with E-state index in [1.807, 2.05) is 0 Å². The number of hydrogen-bond donors (Lipinski definition) is 2. The Hall–Kier alpha value is -1.50. The summed E-state index contributed by atoms with van der Waals surface area (Å²) in [5.74, 6) is -1.57. The van der Waals surface area contributed by atoms with E-state index in [4.69, 9.17) is 5.11 Å². The predicted molar refractivity (Wildman–Crippen MR) is 57.0 cm³/mol. The van der Waals surface area contributed by atoms with Gasteiger partial charge >= 0.3 is 5.97 Å². The fraction of sp³-hybridized carbons (Fsp3) is 0.556. The van der Waals surface area contributed by atoms with E-state index in [1.54, 1.807) is 0 Å². The van der Waals surface area contributed by atoms with Crippen LogP contribution in [0.2, 0.25) is 0 Å². The van der Waals surface area contributed by atoms with Gasteiger partial charge in [-0.1, -0.05) is 11.3 Å². The SMILES string of the molecule is O=C(O)C1CCC(C(=O)Nc2nncs2)C1. The highest BCUT2D eigenvalue weighted by Crippen LogP contribution is 2.31. The maximum atomic E-state index is 11.7. The van der Waals surface area contributed by atoms with Gasteiger partial charge < -0.3 is 10.4 Å². The third kappa shape index (κ3) is 2.35. The molecular weight excluding hydrogens is 230 g/mol. The van der Waals surface area contributed by atoms with Gasteiger partial charge in [-0.3, -0.25) is 9.59 Å². The molecule has 0 aromatic carbocycles. The molecule has 1 saturated carbocycles. The van der Waals surface area contributed by atoms with Crippen molar-refractivity contribution in [1.82, 2.24) is 10.2 Å². The smallest absolute Gasteiger partial charge is 0.306 e. The van der Waals surface area contributed by atoms with Crippen molar-refractivity contribution < 1.29 is 14.7 Å². The summed E-state index contributed by atoms with van der Waals surface area (Å²) in [5.41, 5.74) is 1.53. The number of amides is 1. The number of carbonyl (C=O) groups is 2. The molecule has 0 aliphatic heterocycles. The number of carboxylic acid groups (broad SMARTS) is 1. The second-order valence-electron chi connectivity index (χ2n) is 3.78. The second kappa shape index (κ2) is 4.56. The van der Waals surface area contributed by atoms with Gasteiger partial charge in [0, 0.05) is 5.92 Å². The zero-order chi connectivity index (χ0) is 11.5. The van der Waals surface area contributed by atoms with Gasteiger partial charge in [0.2, 0.25) is 11.0 Å². The fourth-order valence-corrected chi connectivity index (χ4v) is 2.33. The first-order valence-corrected chi connectivity index (χ1v) is 5.84. The first kappa shape index (κ1) is 11.0. The quantitative estimate of drug-likeness (QED) is 0.822. The van der Waals surface area contributed by atoms with Crippen molar-refractivity contribution in [3.8, 4) is 0 Å². The lowest BCUT2D eigenvalue weighted by Gasteiger charge is -2.07. The van der Waals surface area contributed by atoms with Crippen LogP contribution < -0.4 is 5.32 Å². The molecule has 1 fully saturated rings. The monoisotopic (exact) mass is 241 g/mol. The van der Waals surface area contributed by atoms with Gasteiger partial charge in [0.1, 0.15) is 5.51 Å². The highest BCUT2D eigenvalue weighted by atomic mass is 32.1. The molecule has 0 radical (unpaired) electrons. The standard InChI is InChI=1S/C9H11N3O3S/c13-7(11-9-12-10-4-16-9)5-1-2-6(3-5)8(14)15/h4-6H,1-3H2,(H,14,15)(H,11,12,13). The Kier molecular flexibility index (Phi) is 3.14. The van der Waals surface area contributed by atoms with Crippen molar-refractivity contribution in [2.75, 3.05) is 5.32 Å². The van der Waals surface area contributed by atoms with Crippen LogP contribution in [0.4, 0.5) is 5.13 Å². The number of carbonyl (C=O) groups excluding carboxylic acids is 1. The molecule has 1 amide bonds. The molecule has 2 atom stereocenters. The third-order valence-corrected chi connectivity index (χ3v) is 3.35. The van der Waals surface area contributed by atoms with Crippen LogP contribution >= 0.6 is 11.3 Å². The van der Waals surface area contributed by atoms with E-state index >= 15 is 0 Å². The third-order valence-electron chi connectivity index (χ3n) is 2.74. The number of nitrogens with one attached hydrogen (secondary N) is 1. The number of rotatable bonds is 3. The van der Waals surface area contributed by atoms with Crippen LogP contribution in [0.15, 0.2) is 5.51 Å². The number of hydrogen-bond acceptors (Lipinski definition) is 5. The Morgan fingerprint density at radius 3 is 2.75 bits per heavy atom. The highest BCUT2D eigenvalue weighted by molar-refractivity contribution is 7.13. The van der Waals surface area contributed by atoms with E-state index < -0.39 is 5.97 Å². The summed E-state index contributed by atoms with van der Waals surface area (Å²) in [6, 6.07) is 0. The van der Waals surface area contributed by atoms with Gasteiger partial charge in [0.05, 0.1) is 5.92 Å². The predicted octanol–water partition coefficient (Wildman–Crippen LogP) is 0.977. The zero-order valence-electron chi connectivity index (χ0n) is 8.42. The molecule has 1 aliphatic carbocycles. The average molecular weight is 241 g/mol. The molecule has 0 spiro atoms. The molecule has 6 nitrogen and oxygen atoms in total. The van der Waals surface area contributed by atoms with Crippen LogP contribution in [0, 0.1) is 11.8 Å². The average Bonchev–Trinajstić information content (AvgIpc) is 2.86. The molecule has 1 aliphatic rings. The Bertz CT molecular complexity index is 393. The van der Waals surface area contributed by atoms with E-state index in [1.165, 1.54) is 16.8 Å². The summed E-state index contributed by atoms with van der Waals surface area (Å²) in [6.07, 6.45) is 1.62. The largest absolute Gasteiger partial charge is 0.481 e. The molecule has 1 aromatic heterocycles. The van der Waals surface area contributed by atoms with Gasteiger partial charge in [0.15, 0.2) is 0 Å². The fourth-order valence-electron chi connectivity index (χ4n) is 1.88. The summed E-state index contributed by atoms with van der Waals surface area (Å²) in [5, 5.41) is 19.2. The minimum atomic E-state index is -0.814. The van der Waals surface area contributed by atoms with Crippen molar-refractivity contribution in [2.24, 2.45) is 11.8 Å². The topological polar surface area (TPSA) is 92.2 Å². The number of anilines is 1. The molecule has 2 rings (SSSR count). The number of aromatic nitrogens is 2. The number of nitrogens with zero attached hydrogens (tertiary/aromatic N) is 2. The maximum absolute atomic E-state index is 11.7. The molecule has 2 N–H and O–H groups in total. The van der Waals surface area contributed by atoms with Gasteiger partial charge in [-0.2, -0.15) is 0 Å². The lowest BCUT2D eigenvalue weighted by molar-refractivity contribution is -0.141. The summed E-state index contributed by atoms with van der Waals surface area (Å²) >= 11 is 1.25. The van der Waals surface area contributed by atoms with Crippen LogP contribution in [0.5, 0.6) is 0 Å². The summed E-state index contributed by atoms with van der Waals surface area (Å²) in [7, 11) is 0. The summed E-state index contributed by atoms with van der Waals surface area (Å²) in [6.45, 7) is 0. The van der Waals surface area contributed by atoms with Crippen molar-refractivity contribution in [3.63, 3.8) is 0 Å². The van der Waals surface area contributed by atoms with Crippen LogP contribution in [0.1, 0.15) is 19.3 Å². The zero-order valence-corrected chi connectivity index (χ0v) is 9.24. The molecule has 0 bridgehead atoms. The lowest BCUT2D eigenvalue weighted by atomic mass is 10.0. The molecule has 2 unspecified atom stereocenters. The van der Waals surface area contributed by atoms with Crippen molar-refractivity contribution >= 4 is 28.3 Å². The Morgan fingerprint density at radius 2 is 2.19 bits per heavy atom. The molecule has 7 heteroatoms. The number of aliphatic carboxylic acids is 1. The van der Waals surface area contributed by atoms with Crippen molar-refractivity contribution in [1.29, 1.82) is 0 Å². The van der Waals surface area contributed by atoms with Crippen LogP contribution in [0.3, 0.4) is 0 Å². The van der Waals surface area contributed by atoms with Crippen LogP contribution in [-0.4, -0.2) is 27.2 Å². The Morgan fingerprint density at radius 1 is 1.44 bits per heavy atom. The number of carboxylic acids is 1. The Labute approximate surface area is 95.7 Å². The van der Waals surface area contributed by atoms with Gasteiger partial charge in [0.25, 0.3) is 0 Å². The van der Waals surface area contributed by atoms with Crippen LogP contribution in [-0.2, 0) is 9.59 Å². The van der Waals surface area contributed by atoms with Gasteiger partial charge in [-0.25, -0.2) is 0 Å². The summed E-state index contributed by atoms with van der Waals surface area (Å²) < 4.78 is 0. The normalized spacial score (nSPS) is 24.2. The van der Waals surface area contributed by atoms with E-state index in [9.17, 15) is 9.59 Å². The van der Waals surface area contributed by atoms with Crippen molar-refractivity contribution in [3.05, 3.63) is 5.51 Å². The highest BCUT2D eigenvalue weighted by Gasteiger charge is 2.33. The molecule has 1 aromatic rings. The van der Waals surface area contributed by atoms with Crippen molar-refractivity contribution in [2.45, 2.75) is 19.3 Å². The Balaban J connectivity index is 1.90. The summed E-state index contributed by atoms with van der Waals surface area (Å²) in [4.78, 5) is 22.5. The first-order valence-electron chi connectivity index (χ1n) is 4.96.